The summed E-state index contributed by atoms with van der Waals surface area (Å²) < 4.78 is 20.6. The lowest BCUT2D eigenvalue weighted by atomic mass is 9.84. The lowest BCUT2D eigenvalue weighted by Crippen LogP contribution is -2.35. The maximum Gasteiger partial charge on any atom is 0.166 e. The Hall–Kier alpha value is -1.81. The van der Waals surface area contributed by atoms with Crippen LogP contribution >= 0.6 is 15.9 Å². The minimum absolute atomic E-state index is 0.0657. The second-order valence-corrected chi connectivity index (χ2v) is 7.60. The molecule has 2 nitrogen and oxygen atoms in total. The van der Waals surface area contributed by atoms with E-state index in [0.717, 1.165) is 27.9 Å². The van der Waals surface area contributed by atoms with Crippen LogP contribution in [0, 0.1) is 5.82 Å². The van der Waals surface area contributed by atoms with Crippen LogP contribution in [0.25, 0.3) is 17.2 Å². The molecule has 118 valence electrons. The molecule has 0 saturated heterocycles. The van der Waals surface area contributed by atoms with E-state index in [0.29, 0.717) is 16.8 Å². The van der Waals surface area contributed by atoms with Gasteiger partial charge in [0.25, 0.3) is 0 Å². The fraction of sp³-hybridized carbons (Fsp3) is 0.263. The Kier molecular flexibility index (Phi) is 3.11. The first kappa shape index (κ1) is 14.8. The van der Waals surface area contributed by atoms with Crippen molar-refractivity contribution in [3.8, 4) is 16.9 Å². The van der Waals surface area contributed by atoms with Crippen LogP contribution in [0.3, 0.4) is 0 Å². The monoisotopic (exact) mass is 373 g/mol. The maximum absolute atomic E-state index is 14.1. The highest BCUT2D eigenvalue weighted by Crippen LogP contribution is 2.45. The maximum atomic E-state index is 14.1. The molecule has 2 heterocycles. The number of halogens is 2. The first-order valence-electron chi connectivity index (χ1n) is 7.62. The van der Waals surface area contributed by atoms with Crippen LogP contribution in [0.5, 0.6) is 5.75 Å². The molecular formula is C19H17BrFNO. The van der Waals surface area contributed by atoms with Crippen molar-refractivity contribution < 1.29 is 9.13 Å². The number of anilines is 1. The van der Waals surface area contributed by atoms with E-state index in [1.54, 1.807) is 0 Å². The van der Waals surface area contributed by atoms with E-state index < -0.39 is 0 Å². The van der Waals surface area contributed by atoms with Gasteiger partial charge >= 0.3 is 0 Å². The Labute approximate surface area is 143 Å². The van der Waals surface area contributed by atoms with Crippen LogP contribution in [0.4, 0.5) is 10.1 Å². The fourth-order valence-corrected chi connectivity index (χ4v) is 3.66. The molecule has 0 saturated carbocycles. The second-order valence-electron chi connectivity index (χ2n) is 6.68. The predicted molar refractivity (Wildman–Crippen MR) is 95.2 cm³/mol. The summed E-state index contributed by atoms with van der Waals surface area (Å²) in [6.07, 6.45) is 2.22. The molecule has 0 atom stereocenters. The van der Waals surface area contributed by atoms with Gasteiger partial charge in [0.05, 0.1) is 5.54 Å². The number of fused-ring (bicyclic) bond motifs is 5. The van der Waals surface area contributed by atoms with Crippen molar-refractivity contribution in [2.45, 2.75) is 32.9 Å². The van der Waals surface area contributed by atoms with E-state index in [4.69, 9.17) is 4.74 Å². The summed E-state index contributed by atoms with van der Waals surface area (Å²) in [4.78, 5) is 0. The van der Waals surface area contributed by atoms with E-state index in [2.05, 4.69) is 60.2 Å². The summed E-state index contributed by atoms with van der Waals surface area (Å²) >= 11 is 3.37. The third-order valence-electron chi connectivity index (χ3n) is 4.81. The fourth-order valence-electron chi connectivity index (χ4n) is 3.23. The van der Waals surface area contributed by atoms with Gasteiger partial charge in [0.15, 0.2) is 11.6 Å². The Bertz CT molecular complexity index is 870. The summed E-state index contributed by atoms with van der Waals surface area (Å²) in [6.45, 7) is 6.85. The van der Waals surface area contributed by atoms with Crippen LogP contribution < -0.4 is 10.1 Å². The average Bonchev–Trinajstić information content (AvgIpc) is 2.47. The minimum Gasteiger partial charge on any atom is -0.485 e. The van der Waals surface area contributed by atoms with Crippen LogP contribution in [0.2, 0.25) is 0 Å². The van der Waals surface area contributed by atoms with Crippen LogP contribution in [-0.4, -0.2) is 5.54 Å². The molecule has 0 bridgehead atoms. The average molecular weight is 374 g/mol. The van der Waals surface area contributed by atoms with Gasteiger partial charge in [0.1, 0.15) is 6.61 Å². The molecule has 0 fully saturated rings. The molecule has 0 aromatic heterocycles. The summed E-state index contributed by atoms with van der Waals surface area (Å²) in [5, 5.41) is 3.58. The SMILES string of the molecule is CC1=Cc2c(ccc3c2COc2c(F)cc(Br)cc2-3)NC1(C)C. The molecule has 0 radical (unpaired) electrons. The van der Waals surface area contributed by atoms with E-state index in [1.165, 1.54) is 11.6 Å². The van der Waals surface area contributed by atoms with Gasteiger partial charge in [-0.05, 0) is 50.1 Å². The van der Waals surface area contributed by atoms with Crippen LogP contribution in [0.1, 0.15) is 31.9 Å². The zero-order chi connectivity index (χ0) is 16.4. The molecular weight excluding hydrogens is 357 g/mol. The first-order chi connectivity index (χ1) is 10.9. The van der Waals surface area contributed by atoms with E-state index in [1.807, 2.05) is 6.07 Å². The van der Waals surface area contributed by atoms with Gasteiger partial charge in [-0.3, -0.25) is 0 Å². The molecule has 2 aromatic rings. The Morgan fingerprint density at radius 3 is 2.78 bits per heavy atom. The first-order valence-corrected chi connectivity index (χ1v) is 8.41. The van der Waals surface area contributed by atoms with Gasteiger partial charge in [-0.2, -0.15) is 0 Å². The smallest absolute Gasteiger partial charge is 0.166 e. The van der Waals surface area contributed by atoms with Crippen LogP contribution in [-0.2, 0) is 6.61 Å². The van der Waals surface area contributed by atoms with Crippen molar-refractivity contribution in [1.29, 1.82) is 0 Å². The third-order valence-corrected chi connectivity index (χ3v) is 5.27. The van der Waals surface area contributed by atoms with Gasteiger partial charge in [-0.15, -0.1) is 0 Å². The summed E-state index contributed by atoms with van der Waals surface area (Å²) in [7, 11) is 0. The molecule has 0 spiro atoms. The third kappa shape index (κ3) is 2.19. The largest absolute Gasteiger partial charge is 0.485 e. The quantitative estimate of drug-likeness (QED) is 0.634. The van der Waals surface area contributed by atoms with Gasteiger partial charge in [-0.1, -0.05) is 28.1 Å². The number of ether oxygens (including phenoxy) is 1. The van der Waals surface area contributed by atoms with Gasteiger partial charge in [0.2, 0.25) is 0 Å². The lowest BCUT2D eigenvalue weighted by Gasteiger charge is -2.35. The molecule has 2 aromatic carbocycles. The van der Waals surface area contributed by atoms with Crippen molar-refractivity contribution in [1.82, 2.24) is 0 Å². The van der Waals surface area contributed by atoms with Crippen molar-refractivity contribution in [3.05, 3.63) is 51.3 Å². The zero-order valence-electron chi connectivity index (χ0n) is 13.3. The number of hydrogen-bond donors (Lipinski definition) is 1. The van der Waals surface area contributed by atoms with Crippen molar-refractivity contribution in [2.75, 3.05) is 5.32 Å². The molecule has 4 heteroatoms. The van der Waals surface area contributed by atoms with Crippen LogP contribution in [0.15, 0.2) is 34.3 Å². The van der Waals surface area contributed by atoms with Gasteiger partial charge in [0, 0.05) is 26.9 Å². The highest BCUT2D eigenvalue weighted by Gasteiger charge is 2.30. The highest BCUT2D eigenvalue weighted by molar-refractivity contribution is 9.10. The van der Waals surface area contributed by atoms with E-state index in [9.17, 15) is 4.39 Å². The molecule has 0 amide bonds. The molecule has 2 aliphatic rings. The highest BCUT2D eigenvalue weighted by atomic mass is 79.9. The summed E-state index contributed by atoms with van der Waals surface area (Å²) in [5.74, 6) is 0.00850. The summed E-state index contributed by atoms with van der Waals surface area (Å²) in [5.41, 5.74) is 6.39. The second kappa shape index (κ2) is 4.84. The van der Waals surface area contributed by atoms with Crippen molar-refractivity contribution in [2.24, 2.45) is 0 Å². The van der Waals surface area contributed by atoms with Gasteiger partial charge < -0.3 is 10.1 Å². The molecule has 23 heavy (non-hydrogen) atoms. The molecule has 2 aliphatic heterocycles. The predicted octanol–water partition coefficient (Wildman–Crippen LogP) is 5.76. The summed E-state index contributed by atoms with van der Waals surface area (Å²) in [6, 6.07) is 7.49. The standard InChI is InChI=1S/C19H17BrFNO/c1-10-6-13-15-9-23-18-14(7-11(20)8-16(18)21)12(15)4-5-17(13)22-19(10,2)3/h4-8,22H,9H2,1-3H3. The minimum atomic E-state index is -0.330. The number of rotatable bonds is 0. The van der Waals surface area contributed by atoms with E-state index in [-0.39, 0.29) is 11.4 Å². The molecule has 4 rings (SSSR count). The number of nitrogens with one attached hydrogen (secondary N) is 1. The van der Waals surface area contributed by atoms with Crippen molar-refractivity contribution >= 4 is 27.7 Å². The topological polar surface area (TPSA) is 21.3 Å². The lowest BCUT2D eigenvalue weighted by molar-refractivity contribution is 0.286. The van der Waals surface area contributed by atoms with Gasteiger partial charge in [-0.25, -0.2) is 4.39 Å². The molecule has 1 N–H and O–H groups in total. The Morgan fingerprint density at radius 2 is 2.00 bits per heavy atom. The number of benzene rings is 2. The van der Waals surface area contributed by atoms with Crippen molar-refractivity contribution in [3.63, 3.8) is 0 Å². The number of hydrogen-bond acceptors (Lipinski definition) is 2. The zero-order valence-corrected chi connectivity index (χ0v) is 14.8. The molecule has 0 aliphatic carbocycles. The normalized spacial score (nSPS) is 17.2. The molecule has 0 unspecified atom stereocenters. The van der Waals surface area contributed by atoms with E-state index >= 15 is 0 Å². The Morgan fingerprint density at radius 1 is 1.22 bits per heavy atom. The Balaban J connectivity index is 1.96.